The number of anilines is 2. The molecule has 5 heteroatoms. The fourth-order valence-electron chi connectivity index (χ4n) is 2.94. The Hall–Kier alpha value is -2.79. The van der Waals surface area contributed by atoms with Crippen LogP contribution in [-0.2, 0) is 0 Å². The van der Waals surface area contributed by atoms with Gasteiger partial charge in [-0.05, 0) is 42.7 Å². The molecule has 3 nitrogen and oxygen atoms in total. The van der Waals surface area contributed by atoms with E-state index in [9.17, 15) is 4.39 Å². The van der Waals surface area contributed by atoms with Crippen LogP contribution in [0.4, 0.5) is 15.9 Å². The first-order chi connectivity index (χ1) is 12.1. The zero-order valence-electron chi connectivity index (χ0n) is 13.9. The van der Waals surface area contributed by atoms with Crippen LogP contribution in [0.3, 0.4) is 0 Å². The first kappa shape index (κ1) is 15.7. The zero-order chi connectivity index (χ0) is 17.4. The maximum Gasteiger partial charge on any atom is 0.143 e. The second kappa shape index (κ2) is 6.26. The molecule has 0 amide bonds. The normalized spacial score (nSPS) is 11.0. The molecule has 124 valence electrons. The van der Waals surface area contributed by atoms with Crippen LogP contribution in [0.5, 0.6) is 0 Å². The summed E-state index contributed by atoms with van der Waals surface area (Å²) in [5.41, 5.74) is 5.33. The summed E-state index contributed by atoms with van der Waals surface area (Å²) in [4.78, 5) is 9.76. The molecule has 0 aliphatic rings. The van der Waals surface area contributed by atoms with Crippen LogP contribution in [0.1, 0.15) is 11.1 Å². The van der Waals surface area contributed by atoms with E-state index in [-0.39, 0.29) is 5.82 Å². The number of halogens is 1. The Morgan fingerprint density at radius 3 is 2.40 bits per heavy atom. The molecular formula is C20H16FN3S. The van der Waals surface area contributed by atoms with E-state index in [1.165, 1.54) is 12.1 Å². The van der Waals surface area contributed by atoms with Crippen LogP contribution in [0, 0.1) is 19.7 Å². The Morgan fingerprint density at radius 2 is 1.68 bits per heavy atom. The number of rotatable bonds is 3. The summed E-state index contributed by atoms with van der Waals surface area (Å²) < 4.78 is 13.3. The summed E-state index contributed by atoms with van der Waals surface area (Å²) in [5.74, 6) is 0.524. The van der Waals surface area contributed by atoms with E-state index in [1.807, 2.05) is 11.4 Å². The van der Waals surface area contributed by atoms with Crippen LogP contribution in [0.15, 0.2) is 54.2 Å². The molecule has 4 aromatic rings. The highest BCUT2D eigenvalue weighted by Crippen LogP contribution is 2.38. The van der Waals surface area contributed by atoms with E-state index >= 15 is 0 Å². The van der Waals surface area contributed by atoms with E-state index in [1.54, 1.807) is 29.8 Å². The van der Waals surface area contributed by atoms with Gasteiger partial charge in [-0.15, -0.1) is 11.3 Å². The van der Waals surface area contributed by atoms with Gasteiger partial charge in [0.2, 0.25) is 0 Å². The van der Waals surface area contributed by atoms with Gasteiger partial charge in [0.1, 0.15) is 22.8 Å². The van der Waals surface area contributed by atoms with Crippen molar-refractivity contribution in [1.29, 1.82) is 0 Å². The molecule has 0 saturated heterocycles. The SMILES string of the molecule is Cc1cccc(C)c1Nc1ncnc2scc(-c3ccc(F)cc3)c12. The molecule has 0 radical (unpaired) electrons. The number of fused-ring (bicyclic) bond motifs is 1. The Kier molecular flexibility index (Phi) is 3.93. The summed E-state index contributed by atoms with van der Waals surface area (Å²) >= 11 is 1.56. The van der Waals surface area contributed by atoms with E-state index in [0.717, 1.165) is 44.0 Å². The van der Waals surface area contributed by atoms with Crippen molar-refractivity contribution in [3.63, 3.8) is 0 Å². The van der Waals surface area contributed by atoms with Crippen molar-refractivity contribution < 1.29 is 4.39 Å². The lowest BCUT2D eigenvalue weighted by Gasteiger charge is -2.13. The first-order valence-corrected chi connectivity index (χ1v) is 8.83. The molecule has 2 aromatic heterocycles. The summed E-state index contributed by atoms with van der Waals surface area (Å²) in [6.45, 7) is 4.14. The second-order valence-corrected chi connectivity index (χ2v) is 6.81. The molecule has 2 aromatic carbocycles. The molecule has 0 atom stereocenters. The number of para-hydroxylation sites is 1. The quantitative estimate of drug-likeness (QED) is 0.503. The number of aromatic nitrogens is 2. The predicted molar refractivity (Wildman–Crippen MR) is 102 cm³/mol. The van der Waals surface area contributed by atoms with Gasteiger partial charge in [-0.2, -0.15) is 0 Å². The third-order valence-corrected chi connectivity index (χ3v) is 5.14. The van der Waals surface area contributed by atoms with Gasteiger partial charge in [-0.25, -0.2) is 14.4 Å². The van der Waals surface area contributed by atoms with Crippen LogP contribution in [0.25, 0.3) is 21.3 Å². The molecule has 4 rings (SSSR count). The smallest absolute Gasteiger partial charge is 0.143 e. The third kappa shape index (κ3) is 2.87. The minimum atomic E-state index is -0.242. The number of nitrogens with zero attached hydrogens (tertiary/aromatic N) is 2. The molecular weight excluding hydrogens is 333 g/mol. The van der Waals surface area contributed by atoms with E-state index in [4.69, 9.17) is 0 Å². The van der Waals surface area contributed by atoms with E-state index in [2.05, 4.69) is 41.3 Å². The minimum Gasteiger partial charge on any atom is -0.339 e. The summed E-state index contributed by atoms with van der Waals surface area (Å²) in [7, 11) is 0. The van der Waals surface area contributed by atoms with Crippen molar-refractivity contribution in [2.75, 3.05) is 5.32 Å². The third-order valence-electron chi connectivity index (χ3n) is 4.25. The van der Waals surface area contributed by atoms with Gasteiger partial charge in [-0.1, -0.05) is 30.3 Å². The maximum absolute atomic E-state index is 13.3. The fraction of sp³-hybridized carbons (Fsp3) is 0.100. The van der Waals surface area contributed by atoms with Gasteiger partial charge < -0.3 is 5.32 Å². The topological polar surface area (TPSA) is 37.8 Å². The Labute approximate surface area is 149 Å². The number of aryl methyl sites for hydroxylation is 2. The van der Waals surface area contributed by atoms with Crippen molar-refractivity contribution in [2.45, 2.75) is 13.8 Å². The molecule has 1 N–H and O–H groups in total. The standard InChI is InChI=1S/C20H16FN3S/c1-12-4-3-5-13(2)18(12)24-19-17-16(10-25-20(17)23-11-22-19)14-6-8-15(21)9-7-14/h3-11H,1-2H3,(H,22,23,24). The monoisotopic (exact) mass is 349 g/mol. The number of benzene rings is 2. The average molecular weight is 349 g/mol. The number of nitrogens with one attached hydrogen (secondary N) is 1. The molecule has 25 heavy (non-hydrogen) atoms. The second-order valence-electron chi connectivity index (χ2n) is 5.95. The lowest BCUT2D eigenvalue weighted by molar-refractivity contribution is 0.628. The van der Waals surface area contributed by atoms with Crippen molar-refractivity contribution in [1.82, 2.24) is 9.97 Å². The largest absolute Gasteiger partial charge is 0.339 e. The Balaban J connectivity index is 1.87. The van der Waals surface area contributed by atoms with Gasteiger partial charge in [0.15, 0.2) is 0 Å². The van der Waals surface area contributed by atoms with E-state index < -0.39 is 0 Å². The highest BCUT2D eigenvalue weighted by Gasteiger charge is 2.14. The molecule has 0 spiro atoms. The molecule has 0 unspecified atom stereocenters. The lowest BCUT2D eigenvalue weighted by atomic mass is 10.1. The highest BCUT2D eigenvalue weighted by molar-refractivity contribution is 7.17. The average Bonchev–Trinajstić information content (AvgIpc) is 3.04. The molecule has 0 bridgehead atoms. The van der Waals surface area contributed by atoms with Gasteiger partial charge in [0.25, 0.3) is 0 Å². The van der Waals surface area contributed by atoms with Crippen LogP contribution in [-0.4, -0.2) is 9.97 Å². The Bertz CT molecular complexity index is 1030. The number of hydrogen-bond donors (Lipinski definition) is 1. The summed E-state index contributed by atoms with van der Waals surface area (Å²) in [6.07, 6.45) is 1.57. The predicted octanol–water partition coefficient (Wildman–Crippen LogP) is 5.86. The van der Waals surface area contributed by atoms with Crippen LogP contribution in [0.2, 0.25) is 0 Å². The zero-order valence-corrected chi connectivity index (χ0v) is 14.7. The maximum atomic E-state index is 13.3. The Morgan fingerprint density at radius 1 is 0.960 bits per heavy atom. The van der Waals surface area contributed by atoms with Crippen LogP contribution >= 0.6 is 11.3 Å². The summed E-state index contributed by atoms with van der Waals surface area (Å²) in [5, 5.41) is 6.48. The van der Waals surface area contributed by atoms with Crippen molar-refractivity contribution in [2.24, 2.45) is 0 Å². The van der Waals surface area contributed by atoms with Crippen molar-refractivity contribution in [3.05, 3.63) is 71.1 Å². The van der Waals surface area contributed by atoms with Gasteiger partial charge in [-0.3, -0.25) is 0 Å². The molecule has 2 heterocycles. The lowest BCUT2D eigenvalue weighted by Crippen LogP contribution is -1.99. The van der Waals surface area contributed by atoms with Crippen LogP contribution < -0.4 is 5.32 Å². The molecule has 0 saturated carbocycles. The van der Waals surface area contributed by atoms with Crippen molar-refractivity contribution in [3.8, 4) is 11.1 Å². The molecule has 0 fully saturated rings. The highest BCUT2D eigenvalue weighted by atomic mass is 32.1. The van der Waals surface area contributed by atoms with E-state index in [0.29, 0.717) is 0 Å². The van der Waals surface area contributed by atoms with Crippen molar-refractivity contribution >= 4 is 33.1 Å². The summed E-state index contributed by atoms with van der Waals surface area (Å²) in [6, 6.07) is 12.7. The van der Waals surface area contributed by atoms with Gasteiger partial charge in [0, 0.05) is 16.6 Å². The molecule has 0 aliphatic carbocycles. The molecule has 0 aliphatic heterocycles. The van der Waals surface area contributed by atoms with Gasteiger partial charge >= 0.3 is 0 Å². The first-order valence-electron chi connectivity index (χ1n) is 7.95. The fourth-order valence-corrected chi connectivity index (χ4v) is 3.86. The van der Waals surface area contributed by atoms with Gasteiger partial charge in [0.05, 0.1) is 5.39 Å². The number of thiophene rings is 1. The number of hydrogen-bond acceptors (Lipinski definition) is 4. The minimum absolute atomic E-state index is 0.242.